The highest BCUT2D eigenvalue weighted by molar-refractivity contribution is 6.01. The Balaban J connectivity index is 2.89. The van der Waals surface area contributed by atoms with Crippen molar-refractivity contribution in [2.75, 3.05) is 5.73 Å². The Hall–Kier alpha value is -2.04. The van der Waals surface area contributed by atoms with Gasteiger partial charge in [0.1, 0.15) is 5.54 Å². The smallest absolute Gasteiger partial charge is 0.328 e. The van der Waals surface area contributed by atoms with Crippen molar-refractivity contribution in [3.05, 3.63) is 29.8 Å². The monoisotopic (exact) mass is 222 g/mol. The third kappa shape index (κ3) is 2.50. The molecule has 0 aliphatic rings. The summed E-state index contributed by atoms with van der Waals surface area (Å²) in [6.45, 7) is 2.82. The number of amides is 1. The maximum atomic E-state index is 11.7. The molecule has 4 N–H and O–H groups in total. The van der Waals surface area contributed by atoms with Gasteiger partial charge in [-0.2, -0.15) is 0 Å². The second kappa shape index (κ2) is 4.22. The van der Waals surface area contributed by atoms with E-state index in [1.165, 1.54) is 13.8 Å². The van der Waals surface area contributed by atoms with Crippen LogP contribution < -0.4 is 11.1 Å². The molecule has 0 fully saturated rings. The number of carbonyl (C=O) groups is 2. The second-order valence-electron chi connectivity index (χ2n) is 3.97. The first-order valence-corrected chi connectivity index (χ1v) is 4.75. The van der Waals surface area contributed by atoms with Gasteiger partial charge >= 0.3 is 5.97 Å². The fraction of sp³-hybridized carbons (Fsp3) is 0.273. The second-order valence-corrected chi connectivity index (χ2v) is 3.97. The molecule has 0 aliphatic heterocycles. The summed E-state index contributed by atoms with van der Waals surface area (Å²) >= 11 is 0. The molecule has 16 heavy (non-hydrogen) atoms. The molecule has 5 heteroatoms. The van der Waals surface area contributed by atoms with Crippen LogP contribution in [0.25, 0.3) is 0 Å². The van der Waals surface area contributed by atoms with Gasteiger partial charge in [-0.3, -0.25) is 4.79 Å². The van der Waals surface area contributed by atoms with Crippen molar-refractivity contribution in [3.63, 3.8) is 0 Å². The van der Waals surface area contributed by atoms with Crippen molar-refractivity contribution in [2.24, 2.45) is 0 Å². The molecule has 0 saturated carbocycles. The van der Waals surface area contributed by atoms with Crippen molar-refractivity contribution >= 4 is 17.6 Å². The summed E-state index contributed by atoms with van der Waals surface area (Å²) in [6, 6.07) is 6.50. The van der Waals surface area contributed by atoms with Gasteiger partial charge < -0.3 is 16.2 Å². The summed E-state index contributed by atoms with van der Waals surface area (Å²) in [4.78, 5) is 22.6. The van der Waals surface area contributed by atoms with Crippen molar-refractivity contribution in [3.8, 4) is 0 Å². The number of hydrogen-bond donors (Lipinski definition) is 3. The Labute approximate surface area is 93.3 Å². The van der Waals surface area contributed by atoms with Crippen molar-refractivity contribution in [1.29, 1.82) is 0 Å². The summed E-state index contributed by atoms with van der Waals surface area (Å²) in [5, 5.41) is 11.3. The van der Waals surface area contributed by atoms with Crippen LogP contribution in [0.4, 0.5) is 5.69 Å². The zero-order valence-corrected chi connectivity index (χ0v) is 9.15. The number of nitrogens with one attached hydrogen (secondary N) is 1. The van der Waals surface area contributed by atoms with Gasteiger partial charge in [0.2, 0.25) is 0 Å². The SMILES string of the molecule is CC(C)(NC(=O)c1ccccc1N)C(=O)O. The number of para-hydroxylation sites is 1. The van der Waals surface area contributed by atoms with Crippen molar-refractivity contribution in [2.45, 2.75) is 19.4 Å². The van der Waals surface area contributed by atoms with Crippen LogP contribution in [0.2, 0.25) is 0 Å². The summed E-state index contributed by atoms with van der Waals surface area (Å²) in [6.07, 6.45) is 0. The molecule has 1 aromatic carbocycles. The van der Waals surface area contributed by atoms with E-state index in [2.05, 4.69) is 5.32 Å². The lowest BCUT2D eigenvalue weighted by atomic mass is 10.0. The maximum Gasteiger partial charge on any atom is 0.328 e. The van der Waals surface area contributed by atoms with Crippen molar-refractivity contribution in [1.82, 2.24) is 5.32 Å². The molecular formula is C11H14N2O3. The minimum atomic E-state index is -1.32. The summed E-state index contributed by atoms with van der Waals surface area (Å²) < 4.78 is 0. The molecule has 1 aromatic rings. The fourth-order valence-corrected chi connectivity index (χ4v) is 1.11. The van der Waals surface area contributed by atoms with E-state index in [-0.39, 0.29) is 5.56 Å². The zero-order valence-electron chi connectivity index (χ0n) is 9.15. The Morgan fingerprint density at radius 2 is 1.88 bits per heavy atom. The molecule has 86 valence electrons. The van der Waals surface area contributed by atoms with Crippen LogP contribution >= 0.6 is 0 Å². The zero-order chi connectivity index (χ0) is 12.3. The van der Waals surface area contributed by atoms with Gasteiger partial charge in [-0.05, 0) is 26.0 Å². The molecule has 0 spiro atoms. The summed E-state index contributed by atoms with van der Waals surface area (Å²) in [5.74, 6) is -1.60. The van der Waals surface area contributed by atoms with Crippen LogP contribution in [0.15, 0.2) is 24.3 Å². The fourth-order valence-electron chi connectivity index (χ4n) is 1.11. The van der Waals surface area contributed by atoms with Gasteiger partial charge in [-0.15, -0.1) is 0 Å². The molecule has 0 radical (unpaired) electrons. The average molecular weight is 222 g/mol. The molecule has 0 bridgehead atoms. The van der Waals surface area contributed by atoms with Gasteiger partial charge in [-0.25, -0.2) is 4.79 Å². The molecule has 1 rings (SSSR count). The van der Waals surface area contributed by atoms with E-state index >= 15 is 0 Å². The van der Waals surface area contributed by atoms with Gasteiger partial charge in [0.25, 0.3) is 5.91 Å². The number of benzene rings is 1. The van der Waals surface area contributed by atoms with E-state index in [4.69, 9.17) is 10.8 Å². The molecule has 0 aliphatic carbocycles. The lowest BCUT2D eigenvalue weighted by molar-refractivity contribution is -0.143. The predicted octanol–water partition coefficient (Wildman–Crippen LogP) is 0.862. The molecule has 0 saturated heterocycles. The highest BCUT2D eigenvalue weighted by Gasteiger charge is 2.29. The maximum absolute atomic E-state index is 11.7. The number of carboxylic acids is 1. The van der Waals surface area contributed by atoms with Gasteiger partial charge in [0.05, 0.1) is 5.56 Å². The van der Waals surface area contributed by atoms with Crippen LogP contribution in [0, 0.1) is 0 Å². The lowest BCUT2D eigenvalue weighted by Crippen LogP contribution is -2.49. The van der Waals surface area contributed by atoms with E-state index in [0.717, 1.165) is 0 Å². The summed E-state index contributed by atoms with van der Waals surface area (Å²) in [5.41, 5.74) is 4.88. The minimum absolute atomic E-state index is 0.275. The van der Waals surface area contributed by atoms with E-state index in [0.29, 0.717) is 5.69 Å². The molecule has 0 aromatic heterocycles. The number of rotatable bonds is 3. The number of nitrogen functional groups attached to an aromatic ring is 1. The van der Waals surface area contributed by atoms with E-state index < -0.39 is 17.4 Å². The van der Waals surface area contributed by atoms with E-state index in [1.807, 2.05) is 0 Å². The Morgan fingerprint density at radius 3 is 2.38 bits per heavy atom. The van der Waals surface area contributed by atoms with Gasteiger partial charge in [-0.1, -0.05) is 12.1 Å². The standard InChI is InChI=1S/C11H14N2O3/c1-11(2,10(15)16)13-9(14)7-5-3-4-6-8(7)12/h3-6H,12H2,1-2H3,(H,13,14)(H,15,16). The number of carbonyl (C=O) groups excluding carboxylic acids is 1. The average Bonchev–Trinajstić information content (AvgIpc) is 2.17. The van der Waals surface area contributed by atoms with E-state index in [9.17, 15) is 9.59 Å². The first kappa shape index (κ1) is 12.0. The number of nitrogens with two attached hydrogens (primary N) is 1. The quantitative estimate of drug-likeness (QED) is 0.661. The lowest BCUT2D eigenvalue weighted by Gasteiger charge is -2.21. The third-order valence-corrected chi connectivity index (χ3v) is 2.17. The third-order valence-electron chi connectivity index (χ3n) is 2.17. The Kier molecular flexibility index (Phi) is 3.17. The Morgan fingerprint density at radius 1 is 1.31 bits per heavy atom. The minimum Gasteiger partial charge on any atom is -0.480 e. The highest BCUT2D eigenvalue weighted by Crippen LogP contribution is 2.12. The van der Waals surface area contributed by atoms with Crippen LogP contribution in [0.5, 0.6) is 0 Å². The van der Waals surface area contributed by atoms with E-state index in [1.54, 1.807) is 24.3 Å². The predicted molar refractivity (Wildman–Crippen MR) is 60.0 cm³/mol. The first-order chi connectivity index (χ1) is 7.34. The molecule has 0 atom stereocenters. The number of carboxylic acid groups (broad SMARTS) is 1. The summed E-state index contributed by atoms with van der Waals surface area (Å²) in [7, 11) is 0. The van der Waals surface area contributed by atoms with Gasteiger partial charge in [0.15, 0.2) is 0 Å². The highest BCUT2D eigenvalue weighted by atomic mass is 16.4. The van der Waals surface area contributed by atoms with Crippen LogP contribution in [0.1, 0.15) is 24.2 Å². The van der Waals surface area contributed by atoms with Crippen LogP contribution in [0.3, 0.4) is 0 Å². The first-order valence-electron chi connectivity index (χ1n) is 4.75. The molecule has 1 amide bonds. The topological polar surface area (TPSA) is 92.4 Å². The number of anilines is 1. The van der Waals surface area contributed by atoms with Crippen LogP contribution in [-0.2, 0) is 4.79 Å². The largest absolute Gasteiger partial charge is 0.480 e. The van der Waals surface area contributed by atoms with Crippen LogP contribution in [-0.4, -0.2) is 22.5 Å². The van der Waals surface area contributed by atoms with Gasteiger partial charge in [0, 0.05) is 5.69 Å². The normalized spacial score (nSPS) is 10.9. The molecule has 0 heterocycles. The molecule has 0 unspecified atom stereocenters. The Bertz CT molecular complexity index is 427. The molecule has 5 nitrogen and oxygen atoms in total. The number of hydrogen-bond acceptors (Lipinski definition) is 3. The number of aliphatic carboxylic acids is 1. The van der Waals surface area contributed by atoms with Crippen molar-refractivity contribution < 1.29 is 14.7 Å². The molecular weight excluding hydrogens is 208 g/mol.